The van der Waals surface area contributed by atoms with Crippen LogP contribution in [0.25, 0.3) is 0 Å². The molecule has 0 aromatic rings. The number of nitrogens with one attached hydrogen (secondary N) is 1. The van der Waals surface area contributed by atoms with Crippen LogP contribution in [0.3, 0.4) is 0 Å². The third-order valence-electron chi connectivity index (χ3n) is 0.918. The van der Waals surface area contributed by atoms with Crippen molar-refractivity contribution in [2.24, 2.45) is 5.84 Å². The summed E-state index contributed by atoms with van der Waals surface area (Å²) < 4.78 is 0. The van der Waals surface area contributed by atoms with Crippen molar-refractivity contribution in [3.8, 4) is 0 Å². The second-order valence-corrected chi connectivity index (χ2v) is 2.84. The molecule has 1 saturated heterocycles. The summed E-state index contributed by atoms with van der Waals surface area (Å²) in [5.41, 5.74) is 3.01. The number of rotatable bonds is 0. The lowest BCUT2D eigenvalue weighted by molar-refractivity contribution is 0.342. The maximum atomic E-state index is 5.37. The summed E-state index contributed by atoms with van der Waals surface area (Å²) in [5.74, 6) is 5.37. The molecule has 42 valence electrons. The fourth-order valence-corrected chi connectivity index (χ4v) is 1.34. The summed E-state index contributed by atoms with van der Waals surface area (Å²) in [6.07, 6.45) is 2.52. The Kier molecular flexibility index (Phi) is 2.00. The standard InChI is InChI=1S/C3H10N3P/c4-6-5-2-1-3-7-6/h5,7H,1-4H2. The van der Waals surface area contributed by atoms with E-state index in [1.165, 1.54) is 12.6 Å². The van der Waals surface area contributed by atoms with Gasteiger partial charge in [-0.15, -0.1) is 0 Å². The molecule has 1 aliphatic heterocycles. The Hall–Kier alpha value is 0.310. The molecular formula is C3H10N3P. The Labute approximate surface area is 45.0 Å². The van der Waals surface area contributed by atoms with E-state index in [2.05, 4.69) is 5.43 Å². The van der Waals surface area contributed by atoms with Crippen molar-refractivity contribution < 1.29 is 0 Å². The summed E-state index contributed by atoms with van der Waals surface area (Å²) in [7, 11) is 0.775. The quantitative estimate of drug-likeness (QED) is 0.338. The summed E-state index contributed by atoms with van der Waals surface area (Å²) in [4.78, 5) is 1.67. The lowest BCUT2D eigenvalue weighted by atomic mass is 10.5. The van der Waals surface area contributed by atoms with E-state index >= 15 is 0 Å². The molecule has 1 heterocycles. The average Bonchev–Trinajstić information content (AvgIpc) is 1.69. The van der Waals surface area contributed by atoms with Crippen LogP contribution < -0.4 is 11.3 Å². The molecule has 0 spiro atoms. The zero-order chi connectivity index (χ0) is 5.11. The molecule has 1 atom stereocenters. The maximum absolute atomic E-state index is 5.37. The zero-order valence-corrected chi connectivity index (χ0v) is 5.15. The van der Waals surface area contributed by atoms with Gasteiger partial charge in [-0.1, -0.05) is 0 Å². The largest absolute Gasteiger partial charge is 0.252 e. The summed E-state index contributed by atoms with van der Waals surface area (Å²) in [6, 6.07) is 0. The van der Waals surface area contributed by atoms with E-state index in [1.54, 1.807) is 4.89 Å². The normalized spacial score (nSPS) is 28.7. The molecule has 0 bridgehead atoms. The van der Waals surface area contributed by atoms with Gasteiger partial charge in [-0.05, 0) is 21.3 Å². The van der Waals surface area contributed by atoms with Crippen LogP contribution in [0.2, 0.25) is 0 Å². The Morgan fingerprint density at radius 3 is 2.86 bits per heavy atom. The van der Waals surface area contributed by atoms with E-state index in [0.717, 1.165) is 15.3 Å². The fourth-order valence-electron chi connectivity index (χ4n) is 0.543. The van der Waals surface area contributed by atoms with E-state index in [9.17, 15) is 0 Å². The van der Waals surface area contributed by atoms with Crippen LogP contribution in [0.15, 0.2) is 0 Å². The van der Waals surface area contributed by atoms with E-state index in [0.29, 0.717) is 0 Å². The van der Waals surface area contributed by atoms with Crippen LogP contribution in [-0.2, 0) is 0 Å². The molecule has 0 aromatic carbocycles. The topological polar surface area (TPSA) is 41.3 Å². The highest BCUT2D eigenvalue weighted by Crippen LogP contribution is 2.14. The first kappa shape index (κ1) is 5.45. The van der Waals surface area contributed by atoms with Gasteiger partial charge in [0.25, 0.3) is 0 Å². The predicted octanol–water partition coefficient (Wildman–Crippen LogP) is -0.336. The van der Waals surface area contributed by atoms with Gasteiger partial charge >= 0.3 is 0 Å². The third-order valence-corrected chi connectivity index (χ3v) is 1.99. The number of hydrogen-bond donors (Lipinski definition) is 2. The first-order valence-electron chi connectivity index (χ1n) is 2.41. The molecule has 4 heteroatoms. The molecule has 1 unspecified atom stereocenters. The van der Waals surface area contributed by atoms with Crippen LogP contribution in [-0.4, -0.2) is 17.6 Å². The summed E-state index contributed by atoms with van der Waals surface area (Å²) in [5, 5.41) is 0. The summed E-state index contributed by atoms with van der Waals surface area (Å²) >= 11 is 0. The van der Waals surface area contributed by atoms with Gasteiger partial charge in [0.15, 0.2) is 0 Å². The predicted molar refractivity (Wildman–Crippen MR) is 31.8 cm³/mol. The second-order valence-electron chi connectivity index (χ2n) is 1.54. The van der Waals surface area contributed by atoms with Crippen molar-refractivity contribution in [3.63, 3.8) is 0 Å². The minimum Gasteiger partial charge on any atom is -0.252 e. The minimum absolute atomic E-state index is 0.775. The Balaban J connectivity index is 2.12. The number of hydrazine groups is 2. The lowest BCUT2D eigenvalue weighted by Crippen LogP contribution is -2.40. The van der Waals surface area contributed by atoms with Crippen LogP contribution in [0.4, 0.5) is 0 Å². The molecule has 1 fully saturated rings. The second kappa shape index (κ2) is 2.58. The molecule has 0 saturated carbocycles. The molecule has 7 heavy (non-hydrogen) atoms. The monoisotopic (exact) mass is 119 g/mol. The van der Waals surface area contributed by atoms with Gasteiger partial charge in [0.1, 0.15) is 0 Å². The van der Waals surface area contributed by atoms with Crippen LogP contribution in [0.5, 0.6) is 0 Å². The van der Waals surface area contributed by atoms with E-state index in [-0.39, 0.29) is 0 Å². The molecule has 0 aromatic heterocycles. The molecule has 1 rings (SSSR count). The van der Waals surface area contributed by atoms with Gasteiger partial charge in [0.05, 0.1) is 0 Å². The average molecular weight is 119 g/mol. The number of hydrogen-bond acceptors (Lipinski definition) is 3. The number of nitrogens with two attached hydrogens (primary N) is 1. The Morgan fingerprint density at radius 2 is 2.57 bits per heavy atom. The third kappa shape index (κ3) is 1.70. The molecule has 3 N–H and O–H groups in total. The SMILES string of the molecule is NN1NCCCP1. The molecule has 3 nitrogen and oxygen atoms in total. The van der Waals surface area contributed by atoms with Crippen molar-refractivity contribution in [2.75, 3.05) is 12.7 Å². The smallest absolute Gasteiger partial charge is 0.0122 e. The van der Waals surface area contributed by atoms with Crippen molar-refractivity contribution in [1.82, 2.24) is 10.3 Å². The zero-order valence-electron chi connectivity index (χ0n) is 4.15. The number of nitrogens with zero attached hydrogens (tertiary/aromatic N) is 1. The van der Waals surface area contributed by atoms with Crippen LogP contribution in [0, 0.1) is 0 Å². The Bertz CT molecular complexity index is 52.1. The highest BCUT2D eigenvalue weighted by Gasteiger charge is 2.01. The van der Waals surface area contributed by atoms with Gasteiger partial charge in [-0.2, -0.15) is 4.89 Å². The molecule has 0 amide bonds. The van der Waals surface area contributed by atoms with Gasteiger partial charge in [-0.25, -0.2) is 5.43 Å². The Morgan fingerprint density at radius 1 is 1.71 bits per heavy atom. The fraction of sp³-hybridized carbons (Fsp3) is 1.00. The van der Waals surface area contributed by atoms with Gasteiger partial charge in [0, 0.05) is 6.54 Å². The molecular weight excluding hydrogens is 109 g/mol. The molecule has 0 aliphatic carbocycles. The lowest BCUT2D eigenvalue weighted by Gasteiger charge is -2.21. The van der Waals surface area contributed by atoms with Gasteiger partial charge in [0.2, 0.25) is 0 Å². The highest BCUT2D eigenvalue weighted by atomic mass is 31.1. The van der Waals surface area contributed by atoms with Gasteiger partial charge < -0.3 is 0 Å². The van der Waals surface area contributed by atoms with Crippen molar-refractivity contribution in [2.45, 2.75) is 6.42 Å². The van der Waals surface area contributed by atoms with E-state index in [1.807, 2.05) is 0 Å². The first-order chi connectivity index (χ1) is 3.39. The molecule has 0 radical (unpaired) electrons. The van der Waals surface area contributed by atoms with Crippen LogP contribution >= 0.6 is 8.73 Å². The van der Waals surface area contributed by atoms with Gasteiger partial charge in [-0.3, -0.25) is 5.84 Å². The van der Waals surface area contributed by atoms with E-state index in [4.69, 9.17) is 5.84 Å². The van der Waals surface area contributed by atoms with Crippen molar-refractivity contribution >= 4 is 8.73 Å². The van der Waals surface area contributed by atoms with Crippen molar-refractivity contribution in [1.29, 1.82) is 0 Å². The summed E-state index contributed by atoms with van der Waals surface area (Å²) in [6.45, 7) is 1.05. The van der Waals surface area contributed by atoms with E-state index < -0.39 is 0 Å². The minimum atomic E-state index is 0.775. The highest BCUT2D eigenvalue weighted by molar-refractivity contribution is 7.35. The van der Waals surface area contributed by atoms with Crippen LogP contribution in [0.1, 0.15) is 6.42 Å². The maximum Gasteiger partial charge on any atom is 0.0122 e. The molecule has 1 aliphatic rings. The van der Waals surface area contributed by atoms with Crippen molar-refractivity contribution in [3.05, 3.63) is 0 Å². The first-order valence-corrected chi connectivity index (χ1v) is 3.57.